The molecule has 0 spiro atoms. The Morgan fingerprint density at radius 2 is 1.86 bits per heavy atom. The Morgan fingerprint density at radius 3 is 2.43 bits per heavy atom. The molecule has 0 aliphatic rings. The van der Waals surface area contributed by atoms with Crippen molar-refractivity contribution in [3.8, 4) is 0 Å². The van der Waals surface area contributed by atoms with E-state index in [2.05, 4.69) is 62.5 Å². The van der Waals surface area contributed by atoms with E-state index in [9.17, 15) is 0 Å². The molecule has 1 aromatic heterocycles. The maximum absolute atomic E-state index is 5.47. The van der Waals surface area contributed by atoms with E-state index in [1.807, 2.05) is 17.8 Å². The van der Waals surface area contributed by atoms with Gasteiger partial charge in [-0.05, 0) is 30.2 Å². The first-order chi connectivity index (χ1) is 10.2. The fourth-order valence-corrected chi connectivity index (χ4v) is 3.90. The monoisotopic (exact) mass is 303 g/mol. The Hall–Kier alpha value is -1.19. The molecule has 2 aromatic rings. The van der Waals surface area contributed by atoms with Gasteiger partial charge < -0.3 is 9.73 Å². The third kappa shape index (κ3) is 4.65. The summed E-state index contributed by atoms with van der Waals surface area (Å²) in [4.78, 5) is 0. The van der Waals surface area contributed by atoms with E-state index >= 15 is 0 Å². The SMILES string of the molecule is CCNC(c1ccccc1)C(SCc1ccco1)C(C)C. The molecule has 3 heteroatoms. The molecule has 0 aliphatic carbocycles. The Balaban J connectivity index is 2.12. The molecule has 0 saturated heterocycles. The molecule has 1 heterocycles. The number of nitrogens with one attached hydrogen (secondary N) is 1. The zero-order valence-electron chi connectivity index (χ0n) is 13.1. The first kappa shape index (κ1) is 16.2. The summed E-state index contributed by atoms with van der Waals surface area (Å²) in [6.45, 7) is 7.74. The van der Waals surface area contributed by atoms with E-state index in [1.54, 1.807) is 6.26 Å². The van der Waals surface area contributed by atoms with Gasteiger partial charge in [0.25, 0.3) is 0 Å². The number of hydrogen-bond donors (Lipinski definition) is 1. The van der Waals surface area contributed by atoms with Crippen LogP contribution in [0.5, 0.6) is 0 Å². The van der Waals surface area contributed by atoms with Crippen LogP contribution in [0.15, 0.2) is 53.1 Å². The van der Waals surface area contributed by atoms with Gasteiger partial charge in [-0.2, -0.15) is 0 Å². The average molecular weight is 303 g/mol. The average Bonchev–Trinajstić information content (AvgIpc) is 3.00. The second-order valence-electron chi connectivity index (χ2n) is 5.55. The van der Waals surface area contributed by atoms with Crippen molar-refractivity contribution in [1.82, 2.24) is 5.32 Å². The molecule has 21 heavy (non-hydrogen) atoms. The van der Waals surface area contributed by atoms with Crippen molar-refractivity contribution in [3.63, 3.8) is 0 Å². The summed E-state index contributed by atoms with van der Waals surface area (Å²) in [5.74, 6) is 2.56. The van der Waals surface area contributed by atoms with E-state index < -0.39 is 0 Å². The standard InChI is InChI=1S/C18H25NOS/c1-4-19-17(15-9-6-5-7-10-15)18(14(2)3)21-13-16-11-8-12-20-16/h5-12,14,17-19H,4,13H2,1-3H3. The van der Waals surface area contributed by atoms with Gasteiger partial charge in [0.1, 0.15) is 5.76 Å². The van der Waals surface area contributed by atoms with Gasteiger partial charge in [0.05, 0.1) is 12.0 Å². The van der Waals surface area contributed by atoms with Gasteiger partial charge in [-0.25, -0.2) is 0 Å². The van der Waals surface area contributed by atoms with Gasteiger partial charge in [-0.15, -0.1) is 11.8 Å². The summed E-state index contributed by atoms with van der Waals surface area (Å²) >= 11 is 1.97. The van der Waals surface area contributed by atoms with E-state index in [1.165, 1.54) is 5.56 Å². The van der Waals surface area contributed by atoms with E-state index in [4.69, 9.17) is 4.42 Å². The molecule has 0 aliphatic heterocycles. The lowest BCUT2D eigenvalue weighted by Crippen LogP contribution is -2.33. The van der Waals surface area contributed by atoms with E-state index in [0.717, 1.165) is 18.1 Å². The second kappa shape index (κ2) is 8.30. The molecule has 0 saturated carbocycles. The van der Waals surface area contributed by atoms with Crippen molar-refractivity contribution in [2.45, 2.75) is 37.8 Å². The van der Waals surface area contributed by atoms with Gasteiger partial charge in [-0.1, -0.05) is 51.1 Å². The third-order valence-corrected chi connectivity index (χ3v) is 5.22. The van der Waals surface area contributed by atoms with Crippen LogP contribution in [0.25, 0.3) is 0 Å². The number of furan rings is 1. The third-order valence-electron chi connectivity index (χ3n) is 3.57. The molecule has 114 valence electrons. The lowest BCUT2D eigenvalue weighted by molar-refractivity contribution is 0.452. The van der Waals surface area contributed by atoms with Crippen LogP contribution in [0.4, 0.5) is 0 Å². The Labute approximate surface area is 132 Å². The van der Waals surface area contributed by atoms with Crippen LogP contribution in [0.2, 0.25) is 0 Å². The van der Waals surface area contributed by atoms with Crippen molar-refractivity contribution in [1.29, 1.82) is 0 Å². The Kier molecular flexibility index (Phi) is 6.40. The Morgan fingerprint density at radius 1 is 1.10 bits per heavy atom. The topological polar surface area (TPSA) is 25.2 Å². The summed E-state index contributed by atoms with van der Waals surface area (Å²) in [6.07, 6.45) is 1.75. The van der Waals surface area contributed by atoms with Crippen LogP contribution in [0.3, 0.4) is 0 Å². The lowest BCUT2D eigenvalue weighted by Gasteiger charge is -2.30. The normalized spacial score (nSPS) is 14.3. The van der Waals surface area contributed by atoms with Crippen LogP contribution in [0, 0.1) is 5.92 Å². The molecule has 0 fully saturated rings. The summed E-state index contributed by atoms with van der Waals surface area (Å²) in [5.41, 5.74) is 1.37. The predicted octanol–water partition coefficient (Wildman–Crippen LogP) is 4.89. The molecule has 2 rings (SSSR count). The lowest BCUT2D eigenvalue weighted by atomic mass is 9.96. The highest BCUT2D eigenvalue weighted by Crippen LogP contribution is 2.34. The van der Waals surface area contributed by atoms with Gasteiger partial charge in [-0.3, -0.25) is 0 Å². The van der Waals surface area contributed by atoms with Crippen LogP contribution >= 0.6 is 11.8 Å². The molecule has 0 radical (unpaired) electrons. The van der Waals surface area contributed by atoms with Crippen LogP contribution in [-0.2, 0) is 5.75 Å². The number of thioether (sulfide) groups is 1. The molecule has 2 atom stereocenters. The first-order valence-corrected chi connectivity index (χ1v) is 8.69. The number of benzene rings is 1. The molecule has 1 N–H and O–H groups in total. The number of rotatable bonds is 8. The van der Waals surface area contributed by atoms with Crippen molar-refractivity contribution < 1.29 is 4.42 Å². The van der Waals surface area contributed by atoms with Gasteiger partial charge in [0.15, 0.2) is 0 Å². The quantitative estimate of drug-likeness (QED) is 0.752. The summed E-state index contributed by atoms with van der Waals surface area (Å²) in [5, 5.41) is 4.17. The van der Waals surface area contributed by atoms with Crippen LogP contribution in [0.1, 0.15) is 38.1 Å². The summed E-state index contributed by atoms with van der Waals surface area (Å²) in [7, 11) is 0. The minimum atomic E-state index is 0.371. The number of hydrogen-bond acceptors (Lipinski definition) is 3. The summed E-state index contributed by atoms with van der Waals surface area (Å²) in [6, 6.07) is 15.1. The molecular weight excluding hydrogens is 278 g/mol. The highest BCUT2D eigenvalue weighted by atomic mass is 32.2. The van der Waals surface area contributed by atoms with E-state index in [0.29, 0.717) is 17.2 Å². The van der Waals surface area contributed by atoms with Gasteiger partial charge in [0.2, 0.25) is 0 Å². The van der Waals surface area contributed by atoms with Crippen LogP contribution in [-0.4, -0.2) is 11.8 Å². The van der Waals surface area contributed by atoms with Crippen molar-refractivity contribution >= 4 is 11.8 Å². The smallest absolute Gasteiger partial charge is 0.113 e. The molecule has 0 amide bonds. The minimum absolute atomic E-state index is 0.371. The maximum Gasteiger partial charge on any atom is 0.113 e. The molecule has 2 nitrogen and oxygen atoms in total. The molecule has 0 bridgehead atoms. The fourth-order valence-electron chi connectivity index (χ4n) is 2.55. The van der Waals surface area contributed by atoms with Crippen molar-refractivity contribution in [2.75, 3.05) is 6.54 Å². The zero-order valence-corrected chi connectivity index (χ0v) is 13.9. The molecular formula is C18H25NOS. The van der Waals surface area contributed by atoms with Crippen molar-refractivity contribution in [2.24, 2.45) is 5.92 Å². The van der Waals surface area contributed by atoms with Gasteiger partial charge >= 0.3 is 0 Å². The predicted molar refractivity (Wildman–Crippen MR) is 91.5 cm³/mol. The van der Waals surface area contributed by atoms with Gasteiger partial charge in [0, 0.05) is 11.3 Å². The summed E-state index contributed by atoms with van der Waals surface area (Å²) < 4.78 is 5.47. The second-order valence-corrected chi connectivity index (χ2v) is 6.71. The van der Waals surface area contributed by atoms with Crippen molar-refractivity contribution in [3.05, 3.63) is 60.1 Å². The van der Waals surface area contributed by atoms with Crippen LogP contribution < -0.4 is 5.32 Å². The minimum Gasteiger partial charge on any atom is -0.468 e. The maximum atomic E-state index is 5.47. The highest BCUT2D eigenvalue weighted by Gasteiger charge is 2.26. The molecule has 1 aromatic carbocycles. The van der Waals surface area contributed by atoms with E-state index in [-0.39, 0.29) is 0 Å². The fraction of sp³-hybridized carbons (Fsp3) is 0.444. The molecule has 2 unspecified atom stereocenters. The first-order valence-electron chi connectivity index (χ1n) is 7.64. The largest absolute Gasteiger partial charge is 0.468 e. The Bertz CT molecular complexity index is 495. The highest BCUT2D eigenvalue weighted by molar-refractivity contribution is 7.99. The zero-order chi connectivity index (χ0) is 15.1.